The summed E-state index contributed by atoms with van der Waals surface area (Å²) in [6, 6.07) is 8.51. The Morgan fingerprint density at radius 3 is 2.55 bits per heavy atom. The summed E-state index contributed by atoms with van der Waals surface area (Å²) < 4.78 is 43.8. The van der Waals surface area contributed by atoms with E-state index in [1.54, 1.807) is 18.2 Å². The monoisotopic (exact) mass is 306 g/mol. The van der Waals surface area contributed by atoms with Crippen LogP contribution in [0.3, 0.4) is 0 Å². The van der Waals surface area contributed by atoms with Gasteiger partial charge in [-0.15, -0.1) is 0 Å². The summed E-state index contributed by atoms with van der Waals surface area (Å²) in [6.07, 6.45) is -3.50. The minimum absolute atomic E-state index is 0.0272. The van der Waals surface area contributed by atoms with Crippen LogP contribution in [0.15, 0.2) is 36.4 Å². The fourth-order valence-corrected chi connectivity index (χ4v) is 2.86. The van der Waals surface area contributed by atoms with Crippen LogP contribution in [0.4, 0.5) is 13.2 Å². The minimum atomic E-state index is -4.39. The lowest BCUT2D eigenvalue weighted by Crippen LogP contribution is -2.05. The third-order valence-electron chi connectivity index (χ3n) is 3.88. The van der Waals surface area contributed by atoms with Crippen molar-refractivity contribution in [2.45, 2.75) is 19.0 Å². The van der Waals surface area contributed by atoms with Gasteiger partial charge in [0, 0.05) is 6.42 Å². The Kier molecular flexibility index (Phi) is 3.43. The van der Waals surface area contributed by atoms with Gasteiger partial charge in [0.2, 0.25) is 0 Å². The van der Waals surface area contributed by atoms with Crippen molar-refractivity contribution in [3.8, 4) is 16.9 Å². The van der Waals surface area contributed by atoms with Crippen LogP contribution < -0.4 is 4.74 Å². The summed E-state index contributed by atoms with van der Waals surface area (Å²) in [5.41, 5.74) is 1.69. The number of ketones is 1. The molecule has 0 unspecified atom stereocenters. The van der Waals surface area contributed by atoms with Crippen molar-refractivity contribution in [1.29, 1.82) is 0 Å². The summed E-state index contributed by atoms with van der Waals surface area (Å²) in [5, 5.41) is 0. The quantitative estimate of drug-likeness (QED) is 0.816. The molecule has 3 rings (SSSR count). The van der Waals surface area contributed by atoms with Gasteiger partial charge < -0.3 is 4.74 Å². The molecule has 2 aromatic rings. The first kappa shape index (κ1) is 14.6. The SMILES string of the molecule is COc1ccc(-c2cccc(C(F)(F)F)c2)c2c1C(=O)CC2. The molecule has 114 valence electrons. The van der Waals surface area contributed by atoms with Crippen molar-refractivity contribution in [2.24, 2.45) is 0 Å². The van der Waals surface area contributed by atoms with E-state index < -0.39 is 11.7 Å². The topological polar surface area (TPSA) is 26.3 Å². The molecule has 0 radical (unpaired) electrons. The number of Topliss-reactive ketones (excluding diaryl/α,β-unsaturated/α-hetero) is 1. The second-order valence-corrected chi connectivity index (χ2v) is 5.17. The van der Waals surface area contributed by atoms with Crippen molar-refractivity contribution in [3.63, 3.8) is 0 Å². The second-order valence-electron chi connectivity index (χ2n) is 5.17. The van der Waals surface area contributed by atoms with E-state index in [0.29, 0.717) is 35.3 Å². The highest BCUT2D eigenvalue weighted by atomic mass is 19.4. The molecule has 0 N–H and O–H groups in total. The number of hydrogen-bond acceptors (Lipinski definition) is 2. The lowest BCUT2D eigenvalue weighted by Gasteiger charge is -2.13. The molecule has 0 aromatic heterocycles. The molecule has 0 bridgehead atoms. The van der Waals surface area contributed by atoms with E-state index in [1.165, 1.54) is 13.2 Å². The molecule has 0 aliphatic heterocycles. The fourth-order valence-electron chi connectivity index (χ4n) is 2.86. The highest BCUT2D eigenvalue weighted by Gasteiger charge is 2.31. The van der Waals surface area contributed by atoms with Crippen molar-refractivity contribution in [1.82, 2.24) is 0 Å². The highest BCUT2D eigenvalue weighted by Crippen LogP contribution is 2.39. The number of alkyl halides is 3. The zero-order chi connectivity index (χ0) is 15.9. The Labute approximate surface area is 125 Å². The van der Waals surface area contributed by atoms with Crippen LogP contribution >= 0.6 is 0 Å². The number of fused-ring (bicyclic) bond motifs is 1. The number of halogens is 3. The Morgan fingerprint density at radius 1 is 1.09 bits per heavy atom. The molecular formula is C17H13F3O2. The van der Waals surface area contributed by atoms with Gasteiger partial charge in [-0.1, -0.05) is 18.2 Å². The molecule has 1 aliphatic rings. The van der Waals surface area contributed by atoms with Gasteiger partial charge in [-0.2, -0.15) is 13.2 Å². The number of ether oxygens (including phenoxy) is 1. The lowest BCUT2D eigenvalue weighted by atomic mass is 9.95. The Balaban J connectivity index is 2.17. The number of carbonyl (C=O) groups is 1. The third kappa shape index (κ3) is 2.36. The van der Waals surface area contributed by atoms with E-state index in [-0.39, 0.29) is 5.78 Å². The molecule has 1 aliphatic carbocycles. The normalized spacial score (nSPS) is 14.1. The summed E-state index contributed by atoms with van der Waals surface area (Å²) in [5.74, 6) is 0.453. The van der Waals surface area contributed by atoms with Crippen LogP contribution in [-0.4, -0.2) is 12.9 Å². The van der Waals surface area contributed by atoms with Crippen LogP contribution in [0.5, 0.6) is 5.75 Å². The zero-order valence-electron chi connectivity index (χ0n) is 11.8. The molecule has 22 heavy (non-hydrogen) atoms. The number of rotatable bonds is 2. The minimum Gasteiger partial charge on any atom is -0.496 e. The number of benzene rings is 2. The van der Waals surface area contributed by atoms with Gasteiger partial charge in [-0.3, -0.25) is 4.79 Å². The standard InChI is InChI=1S/C17H13F3O2/c1-22-15-8-6-12(13-5-7-14(21)16(13)15)10-3-2-4-11(9-10)17(18,19)20/h2-4,6,8-9H,5,7H2,1H3. The molecule has 0 heterocycles. The van der Waals surface area contributed by atoms with Crippen molar-refractivity contribution < 1.29 is 22.7 Å². The van der Waals surface area contributed by atoms with Crippen LogP contribution in [0, 0.1) is 0 Å². The first-order valence-electron chi connectivity index (χ1n) is 6.82. The maximum atomic E-state index is 12.9. The molecule has 0 spiro atoms. The molecule has 0 atom stereocenters. The van der Waals surface area contributed by atoms with Gasteiger partial charge in [0.1, 0.15) is 5.75 Å². The Bertz CT molecular complexity index is 748. The van der Waals surface area contributed by atoms with Crippen LogP contribution in [-0.2, 0) is 12.6 Å². The van der Waals surface area contributed by atoms with Crippen molar-refractivity contribution >= 4 is 5.78 Å². The molecule has 2 aromatic carbocycles. The second kappa shape index (κ2) is 5.16. The molecular weight excluding hydrogens is 293 g/mol. The first-order valence-corrected chi connectivity index (χ1v) is 6.82. The molecule has 0 saturated carbocycles. The molecule has 0 amide bonds. The average molecular weight is 306 g/mol. The molecule has 0 saturated heterocycles. The number of hydrogen-bond donors (Lipinski definition) is 0. The van der Waals surface area contributed by atoms with Crippen LogP contribution in [0.2, 0.25) is 0 Å². The largest absolute Gasteiger partial charge is 0.496 e. The number of carbonyl (C=O) groups excluding carboxylic acids is 1. The van der Waals surface area contributed by atoms with Crippen LogP contribution in [0.1, 0.15) is 27.9 Å². The molecule has 2 nitrogen and oxygen atoms in total. The van der Waals surface area contributed by atoms with Gasteiger partial charge in [0.15, 0.2) is 5.78 Å². The smallest absolute Gasteiger partial charge is 0.416 e. The van der Waals surface area contributed by atoms with E-state index >= 15 is 0 Å². The van der Waals surface area contributed by atoms with E-state index in [1.807, 2.05) is 0 Å². The highest BCUT2D eigenvalue weighted by molar-refractivity contribution is 6.05. The van der Waals surface area contributed by atoms with Gasteiger partial charge >= 0.3 is 6.18 Å². The Hall–Kier alpha value is -2.30. The Morgan fingerprint density at radius 2 is 1.86 bits per heavy atom. The zero-order valence-corrected chi connectivity index (χ0v) is 11.8. The summed E-state index contributed by atoms with van der Waals surface area (Å²) in [7, 11) is 1.48. The predicted octanol–water partition coefficient (Wildman–Crippen LogP) is 4.51. The van der Waals surface area contributed by atoms with E-state index in [0.717, 1.165) is 17.7 Å². The van der Waals surface area contributed by atoms with Gasteiger partial charge in [-0.05, 0) is 41.3 Å². The first-order chi connectivity index (χ1) is 10.4. The number of methoxy groups -OCH3 is 1. The predicted molar refractivity (Wildman–Crippen MR) is 76.1 cm³/mol. The maximum Gasteiger partial charge on any atom is 0.416 e. The van der Waals surface area contributed by atoms with E-state index in [4.69, 9.17) is 4.74 Å². The van der Waals surface area contributed by atoms with Gasteiger partial charge in [0.05, 0.1) is 18.2 Å². The summed E-state index contributed by atoms with van der Waals surface area (Å²) >= 11 is 0. The van der Waals surface area contributed by atoms with Gasteiger partial charge in [-0.25, -0.2) is 0 Å². The van der Waals surface area contributed by atoms with E-state index in [9.17, 15) is 18.0 Å². The van der Waals surface area contributed by atoms with E-state index in [2.05, 4.69) is 0 Å². The summed E-state index contributed by atoms with van der Waals surface area (Å²) in [6.45, 7) is 0. The lowest BCUT2D eigenvalue weighted by molar-refractivity contribution is -0.137. The third-order valence-corrected chi connectivity index (χ3v) is 3.88. The van der Waals surface area contributed by atoms with Crippen molar-refractivity contribution in [3.05, 3.63) is 53.1 Å². The van der Waals surface area contributed by atoms with Crippen LogP contribution in [0.25, 0.3) is 11.1 Å². The van der Waals surface area contributed by atoms with Crippen molar-refractivity contribution in [2.75, 3.05) is 7.11 Å². The fraction of sp³-hybridized carbons (Fsp3) is 0.235. The van der Waals surface area contributed by atoms with Gasteiger partial charge in [0.25, 0.3) is 0 Å². The molecule has 5 heteroatoms. The average Bonchev–Trinajstić information content (AvgIpc) is 2.88. The maximum absolute atomic E-state index is 12.9. The molecule has 0 fully saturated rings. The summed E-state index contributed by atoms with van der Waals surface area (Å²) in [4.78, 5) is 12.0.